The van der Waals surface area contributed by atoms with Crippen molar-refractivity contribution in [2.45, 2.75) is 25.8 Å². The van der Waals surface area contributed by atoms with E-state index in [0.29, 0.717) is 30.6 Å². The smallest absolute Gasteiger partial charge is 0.256 e. The van der Waals surface area contributed by atoms with E-state index in [1.807, 2.05) is 25.1 Å². The molecule has 1 fully saturated rings. The highest BCUT2D eigenvalue weighted by molar-refractivity contribution is 7.11. The van der Waals surface area contributed by atoms with E-state index in [0.717, 1.165) is 22.1 Å². The maximum atomic E-state index is 15.1. The van der Waals surface area contributed by atoms with Gasteiger partial charge in [-0.25, -0.2) is 0 Å². The molecule has 0 amide bonds. The highest BCUT2D eigenvalue weighted by Gasteiger charge is 2.40. The zero-order chi connectivity index (χ0) is 19.8. The minimum absolute atomic E-state index is 0.0272. The third kappa shape index (κ3) is 3.63. The molecule has 2 atom stereocenters. The van der Waals surface area contributed by atoms with E-state index in [-0.39, 0.29) is 11.7 Å². The number of aromatic nitrogens is 6. The number of fused-ring (bicyclic) bond motifs is 1. The maximum Gasteiger partial charge on any atom is 0.256 e. The molecule has 0 aliphatic heterocycles. The number of ether oxygens (including phenoxy) is 1. The van der Waals surface area contributed by atoms with Gasteiger partial charge in [0, 0.05) is 29.8 Å². The molecule has 8 nitrogen and oxygen atoms in total. The maximum absolute atomic E-state index is 15.1. The van der Waals surface area contributed by atoms with Crippen molar-refractivity contribution in [3.63, 3.8) is 0 Å². The van der Waals surface area contributed by atoms with E-state index in [2.05, 4.69) is 30.6 Å². The largest absolute Gasteiger partial charge is 0.475 e. The Morgan fingerprint density at radius 2 is 2.21 bits per heavy atom. The minimum atomic E-state index is -0.572. The third-order valence-corrected chi connectivity index (χ3v) is 5.68. The summed E-state index contributed by atoms with van der Waals surface area (Å²) in [5, 5.41) is 16.9. The van der Waals surface area contributed by atoms with E-state index in [4.69, 9.17) is 4.74 Å². The SMILES string of the molecule is Cc1nnc(CNc2c(F)c(OC[C@H]3C[C@@H]3c3ccccn3)nc3ccnn23)s1. The standard InChI is InChI=1S/C19H18FN7OS/c1-11-25-26-16(29-11)9-22-18-17(20)19(24-15-5-7-23-27(15)18)28-10-12-8-13(12)14-4-2-3-6-21-14/h2-7,12-13,22H,8-10H2,1H3/t12-,13+/m1/s1. The number of halogens is 1. The molecule has 4 aromatic heterocycles. The molecule has 0 saturated heterocycles. The summed E-state index contributed by atoms with van der Waals surface area (Å²) < 4.78 is 22.3. The highest BCUT2D eigenvalue weighted by atomic mass is 32.1. The molecule has 0 radical (unpaired) electrons. The molecule has 1 saturated carbocycles. The van der Waals surface area contributed by atoms with Crippen LogP contribution >= 0.6 is 11.3 Å². The number of hydrogen-bond donors (Lipinski definition) is 1. The Morgan fingerprint density at radius 3 is 3.00 bits per heavy atom. The molecule has 29 heavy (non-hydrogen) atoms. The molecule has 148 valence electrons. The fraction of sp³-hybridized carbons (Fsp3) is 0.316. The predicted molar refractivity (Wildman–Crippen MR) is 105 cm³/mol. The quantitative estimate of drug-likeness (QED) is 0.499. The number of hydrogen-bond acceptors (Lipinski definition) is 8. The second-order valence-corrected chi connectivity index (χ2v) is 8.18. The van der Waals surface area contributed by atoms with Crippen LogP contribution in [0.15, 0.2) is 36.7 Å². The molecule has 4 heterocycles. The average molecular weight is 411 g/mol. The van der Waals surface area contributed by atoms with Crippen LogP contribution in [0, 0.1) is 18.7 Å². The van der Waals surface area contributed by atoms with E-state index in [9.17, 15) is 0 Å². The predicted octanol–water partition coefficient (Wildman–Crippen LogP) is 3.22. The molecule has 1 N–H and O–H groups in total. The number of anilines is 1. The topological polar surface area (TPSA) is 90.1 Å². The van der Waals surface area contributed by atoms with Crippen molar-refractivity contribution in [3.05, 3.63) is 58.2 Å². The van der Waals surface area contributed by atoms with Crippen LogP contribution < -0.4 is 10.1 Å². The lowest BCUT2D eigenvalue weighted by molar-refractivity contribution is 0.271. The van der Waals surface area contributed by atoms with Crippen LogP contribution in [0.2, 0.25) is 0 Å². The van der Waals surface area contributed by atoms with Gasteiger partial charge in [-0.1, -0.05) is 17.4 Å². The van der Waals surface area contributed by atoms with Crippen molar-refractivity contribution in [2.24, 2.45) is 5.92 Å². The molecule has 10 heteroatoms. The molecule has 0 aromatic carbocycles. The molecule has 4 aromatic rings. The Kier molecular flexibility index (Phi) is 4.55. The molecular formula is C19H18FN7OS. The third-order valence-electron chi connectivity index (χ3n) is 4.85. The minimum Gasteiger partial charge on any atom is -0.475 e. The number of nitrogens with one attached hydrogen (secondary N) is 1. The summed E-state index contributed by atoms with van der Waals surface area (Å²) in [5.41, 5.74) is 1.56. The van der Waals surface area contributed by atoms with Crippen LogP contribution in [0.4, 0.5) is 10.2 Å². The van der Waals surface area contributed by atoms with Crippen LogP contribution in [0.1, 0.15) is 28.0 Å². The summed E-state index contributed by atoms with van der Waals surface area (Å²) in [7, 11) is 0. The van der Waals surface area contributed by atoms with Crippen molar-refractivity contribution in [1.82, 2.24) is 29.8 Å². The Morgan fingerprint density at radius 1 is 1.28 bits per heavy atom. The Hall–Kier alpha value is -3.14. The molecule has 0 unspecified atom stereocenters. The van der Waals surface area contributed by atoms with Gasteiger partial charge in [0.1, 0.15) is 10.0 Å². The van der Waals surface area contributed by atoms with Crippen LogP contribution in [0.25, 0.3) is 5.65 Å². The first kappa shape index (κ1) is 17.9. The van der Waals surface area contributed by atoms with Gasteiger partial charge in [0.15, 0.2) is 11.5 Å². The van der Waals surface area contributed by atoms with E-state index < -0.39 is 5.82 Å². The van der Waals surface area contributed by atoms with Crippen molar-refractivity contribution >= 4 is 22.8 Å². The summed E-state index contributed by atoms with van der Waals surface area (Å²) in [5.74, 6) is 0.266. The number of nitrogens with zero attached hydrogens (tertiary/aromatic N) is 6. The molecular weight excluding hydrogens is 393 g/mol. The van der Waals surface area contributed by atoms with Gasteiger partial charge in [0.25, 0.3) is 5.88 Å². The fourth-order valence-electron chi connectivity index (χ4n) is 3.29. The molecule has 1 aliphatic rings. The fourth-order valence-corrected chi connectivity index (χ4v) is 3.94. The Balaban J connectivity index is 1.32. The van der Waals surface area contributed by atoms with Crippen LogP contribution in [-0.4, -0.2) is 36.4 Å². The Labute approximate surface area is 169 Å². The second kappa shape index (κ2) is 7.36. The van der Waals surface area contributed by atoms with E-state index in [1.165, 1.54) is 15.9 Å². The monoisotopic (exact) mass is 411 g/mol. The average Bonchev–Trinajstić information content (AvgIpc) is 3.15. The lowest BCUT2D eigenvalue weighted by Gasteiger charge is -2.12. The van der Waals surface area contributed by atoms with Crippen molar-refractivity contribution in [2.75, 3.05) is 11.9 Å². The number of aryl methyl sites for hydroxylation is 1. The van der Waals surface area contributed by atoms with Gasteiger partial charge in [-0.05, 0) is 25.5 Å². The summed E-state index contributed by atoms with van der Waals surface area (Å²) >= 11 is 1.46. The van der Waals surface area contributed by atoms with Gasteiger partial charge in [-0.3, -0.25) is 4.98 Å². The zero-order valence-electron chi connectivity index (χ0n) is 15.6. The summed E-state index contributed by atoms with van der Waals surface area (Å²) in [6.45, 7) is 2.61. The second-order valence-electron chi connectivity index (χ2n) is 6.92. The summed E-state index contributed by atoms with van der Waals surface area (Å²) in [6, 6.07) is 7.60. The van der Waals surface area contributed by atoms with E-state index >= 15 is 4.39 Å². The number of pyridine rings is 1. The van der Waals surface area contributed by atoms with Gasteiger partial charge < -0.3 is 10.1 Å². The molecule has 0 spiro atoms. The van der Waals surface area contributed by atoms with Gasteiger partial charge in [-0.2, -0.15) is 19.0 Å². The molecule has 0 bridgehead atoms. The number of rotatable bonds is 7. The summed E-state index contributed by atoms with van der Waals surface area (Å²) in [6.07, 6.45) is 4.34. The van der Waals surface area contributed by atoms with Gasteiger partial charge in [0.05, 0.1) is 19.3 Å². The first-order valence-electron chi connectivity index (χ1n) is 9.29. The van der Waals surface area contributed by atoms with Crippen LogP contribution in [0.5, 0.6) is 5.88 Å². The molecule has 1 aliphatic carbocycles. The van der Waals surface area contributed by atoms with Gasteiger partial charge in [0.2, 0.25) is 5.82 Å². The normalized spacial score (nSPS) is 18.1. The Bertz CT molecular complexity index is 1150. The van der Waals surface area contributed by atoms with Crippen molar-refractivity contribution < 1.29 is 9.13 Å². The van der Waals surface area contributed by atoms with Crippen LogP contribution in [0.3, 0.4) is 0 Å². The highest BCUT2D eigenvalue weighted by Crippen LogP contribution is 2.46. The van der Waals surface area contributed by atoms with Gasteiger partial charge in [-0.15, -0.1) is 10.2 Å². The van der Waals surface area contributed by atoms with Crippen molar-refractivity contribution in [1.29, 1.82) is 0 Å². The van der Waals surface area contributed by atoms with Crippen LogP contribution in [-0.2, 0) is 6.54 Å². The first-order chi connectivity index (χ1) is 14.2. The first-order valence-corrected chi connectivity index (χ1v) is 10.1. The summed E-state index contributed by atoms with van der Waals surface area (Å²) in [4.78, 5) is 8.66. The van der Waals surface area contributed by atoms with E-state index in [1.54, 1.807) is 18.5 Å². The zero-order valence-corrected chi connectivity index (χ0v) is 16.4. The lowest BCUT2D eigenvalue weighted by Crippen LogP contribution is -2.12. The van der Waals surface area contributed by atoms with Crippen molar-refractivity contribution in [3.8, 4) is 5.88 Å². The molecule has 5 rings (SSSR count). The van der Waals surface area contributed by atoms with Gasteiger partial charge >= 0.3 is 0 Å². The lowest BCUT2D eigenvalue weighted by atomic mass is 10.2.